The first-order valence-corrected chi connectivity index (χ1v) is 10.9. The van der Waals surface area contributed by atoms with Crippen molar-refractivity contribution in [2.24, 2.45) is 0 Å². The number of halogens is 1. The Morgan fingerprint density at radius 1 is 1.24 bits per heavy atom. The van der Waals surface area contributed by atoms with Crippen LogP contribution in [0.5, 0.6) is 0 Å². The molecule has 1 fully saturated rings. The molecule has 0 spiro atoms. The van der Waals surface area contributed by atoms with Gasteiger partial charge in [-0.25, -0.2) is 4.98 Å². The Kier molecular flexibility index (Phi) is 5.94. The highest BCUT2D eigenvalue weighted by Gasteiger charge is 2.43. The summed E-state index contributed by atoms with van der Waals surface area (Å²) in [5.41, 5.74) is 2.01. The van der Waals surface area contributed by atoms with E-state index in [2.05, 4.69) is 10.3 Å². The van der Waals surface area contributed by atoms with Gasteiger partial charge >= 0.3 is 0 Å². The number of benzene rings is 1. The van der Waals surface area contributed by atoms with E-state index in [1.165, 1.54) is 11.3 Å². The van der Waals surface area contributed by atoms with Crippen LogP contribution in [0.2, 0.25) is 5.02 Å². The van der Waals surface area contributed by atoms with Crippen molar-refractivity contribution in [3.05, 3.63) is 69.8 Å². The molecule has 7 heteroatoms. The van der Waals surface area contributed by atoms with Crippen molar-refractivity contribution in [3.8, 4) is 11.3 Å². The molecule has 0 radical (unpaired) electrons. The average Bonchev–Trinajstić information content (AvgIpc) is 3.26. The molecular formula is C22H22ClN3O2S. The Morgan fingerprint density at radius 2 is 2.03 bits per heavy atom. The number of aromatic nitrogens is 2. The van der Waals surface area contributed by atoms with Crippen molar-refractivity contribution in [3.63, 3.8) is 0 Å². The van der Waals surface area contributed by atoms with E-state index >= 15 is 0 Å². The van der Waals surface area contributed by atoms with Crippen molar-refractivity contribution in [2.75, 3.05) is 13.2 Å². The van der Waals surface area contributed by atoms with Crippen molar-refractivity contribution in [2.45, 2.75) is 31.2 Å². The fraction of sp³-hybridized carbons (Fsp3) is 0.318. The number of pyridine rings is 1. The minimum absolute atomic E-state index is 0.0282. The van der Waals surface area contributed by atoms with Gasteiger partial charge in [0.1, 0.15) is 5.01 Å². The van der Waals surface area contributed by atoms with E-state index in [9.17, 15) is 4.79 Å². The Hall–Kier alpha value is -2.28. The van der Waals surface area contributed by atoms with Crippen LogP contribution in [0.4, 0.5) is 0 Å². The summed E-state index contributed by atoms with van der Waals surface area (Å²) in [5.74, 6) is -0.0282. The van der Waals surface area contributed by atoms with Crippen LogP contribution in [-0.4, -0.2) is 29.1 Å². The monoisotopic (exact) mass is 427 g/mol. The van der Waals surface area contributed by atoms with Gasteiger partial charge in [0.2, 0.25) is 5.91 Å². The Morgan fingerprint density at radius 3 is 2.76 bits per heavy atom. The number of amides is 1. The quantitative estimate of drug-likeness (QED) is 0.636. The smallest absolute Gasteiger partial charge is 0.231 e. The van der Waals surface area contributed by atoms with Gasteiger partial charge in [0, 0.05) is 41.6 Å². The largest absolute Gasteiger partial charge is 0.381 e. The highest BCUT2D eigenvalue weighted by atomic mass is 35.5. The van der Waals surface area contributed by atoms with E-state index in [4.69, 9.17) is 21.3 Å². The molecule has 1 unspecified atom stereocenters. The van der Waals surface area contributed by atoms with Crippen molar-refractivity contribution in [1.82, 2.24) is 15.3 Å². The number of carbonyl (C=O) groups is 1. The minimum atomic E-state index is -0.686. The van der Waals surface area contributed by atoms with Crippen molar-refractivity contribution >= 4 is 28.8 Å². The third-order valence-corrected chi connectivity index (χ3v) is 6.72. The van der Waals surface area contributed by atoms with Crippen LogP contribution in [0.25, 0.3) is 11.3 Å². The number of nitrogens with one attached hydrogen (secondary N) is 1. The Balaban J connectivity index is 1.57. The first kappa shape index (κ1) is 20.0. The number of carbonyl (C=O) groups excluding carboxylic acids is 1. The predicted molar refractivity (Wildman–Crippen MR) is 115 cm³/mol. The zero-order valence-corrected chi connectivity index (χ0v) is 17.7. The zero-order chi connectivity index (χ0) is 20.3. The number of thiazole rings is 1. The second-order valence-electron chi connectivity index (χ2n) is 7.18. The molecule has 1 aromatic carbocycles. The molecule has 0 saturated carbocycles. The van der Waals surface area contributed by atoms with Gasteiger partial charge in [-0.05, 0) is 43.5 Å². The molecule has 1 aliphatic rings. The lowest BCUT2D eigenvalue weighted by atomic mass is 9.73. The molecule has 1 saturated heterocycles. The summed E-state index contributed by atoms with van der Waals surface area (Å²) in [6.07, 6.45) is 4.74. The zero-order valence-electron chi connectivity index (χ0n) is 16.1. The molecule has 2 aromatic heterocycles. The van der Waals surface area contributed by atoms with Crippen molar-refractivity contribution in [1.29, 1.82) is 0 Å². The van der Waals surface area contributed by atoms with Gasteiger partial charge in [-0.15, -0.1) is 11.3 Å². The fourth-order valence-corrected chi connectivity index (χ4v) is 4.87. The summed E-state index contributed by atoms with van der Waals surface area (Å²) in [6.45, 7) is 3.04. The maximum atomic E-state index is 13.5. The minimum Gasteiger partial charge on any atom is -0.381 e. The fourth-order valence-electron chi connectivity index (χ4n) is 3.72. The lowest BCUT2D eigenvalue weighted by molar-refractivity contribution is -0.131. The maximum Gasteiger partial charge on any atom is 0.231 e. The third-order valence-electron chi connectivity index (χ3n) is 5.37. The van der Waals surface area contributed by atoms with Crippen LogP contribution in [0, 0.1) is 0 Å². The molecule has 1 N–H and O–H groups in total. The van der Waals surface area contributed by atoms with Crippen LogP contribution in [0.3, 0.4) is 0 Å². The average molecular weight is 428 g/mol. The molecule has 3 aromatic rings. The van der Waals surface area contributed by atoms with Crippen LogP contribution in [0.15, 0.2) is 54.2 Å². The topological polar surface area (TPSA) is 64.1 Å². The summed E-state index contributed by atoms with van der Waals surface area (Å²) in [7, 11) is 0. The molecule has 4 rings (SSSR count). The van der Waals surface area contributed by atoms with Crippen molar-refractivity contribution < 1.29 is 9.53 Å². The molecule has 3 heterocycles. The van der Waals surface area contributed by atoms with Crippen LogP contribution in [-0.2, 0) is 14.9 Å². The van der Waals surface area contributed by atoms with Gasteiger partial charge in [-0.2, -0.15) is 0 Å². The molecule has 0 bridgehead atoms. The summed E-state index contributed by atoms with van der Waals surface area (Å²) in [5, 5.41) is 6.65. The van der Waals surface area contributed by atoms with Crippen LogP contribution >= 0.6 is 22.9 Å². The summed E-state index contributed by atoms with van der Waals surface area (Å²) in [4.78, 5) is 22.3. The summed E-state index contributed by atoms with van der Waals surface area (Å²) in [6, 6.07) is 11.3. The number of ether oxygens (including phenoxy) is 1. The van der Waals surface area contributed by atoms with Gasteiger partial charge in [0.15, 0.2) is 0 Å². The number of nitrogens with zero attached hydrogens (tertiary/aromatic N) is 2. The highest BCUT2D eigenvalue weighted by molar-refractivity contribution is 7.10. The Bertz CT molecular complexity index is 986. The maximum absolute atomic E-state index is 13.5. The molecule has 29 heavy (non-hydrogen) atoms. The van der Waals surface area contributed by atoms with Gasteiger partial charge in [-0.1, -0.05) is 29.8 Å². The van der Waals surface area contributed by atoms with Gasteiger partial charge in [-0.3, -0.25) is 9.78 Å². The highest BCUT2D eigenvalue weighted by Crippen LogP contribution is 2.39. The number of rotatable bonds is 5. The van der Waals surface area contributed by atoms with Gasteiger partial charge < -0.3 is 10.1 Å². The predicted octanol–water partition coefficient (Wildman–Crippen LogP) is 4.78. The van der Waals surface area contributed by atoms with E-state index in [0.29, 0.717) is 31.1 Å². The van der Waals surface area contributed by atoms with Gasteiger partial charge in [0.05, 0.1) is 17.2 Å². The number of hydrogen-bond acceptors (Lipinski definition) is 5. The summed E-state index contributed by atoms with van der Waals surface area (Å²) < 4.78 is 5.54. The first-order valence-electron chi connectivity index (χ1n) is 9.60. The van der Waals surface area contributed by atoms with Gasteiger partial charge in [0.25, 0.3) is 0 Å². The normalized spacial score (nSPS) is 16.9. The summed E-state index contributed by atoms with van der Waals surface area (Å²) >= 11 is 8.01. The van der Waals surface area contributed by atoms with E-state index < -0.39 is 5.41 Å². The van der Waals surface area contributed by atoms with Crippen LogP contribution < -0.4 is 5.32 Å². The first-order chi connectivity index (χ1) is 14.1. The molecule has 0 aliphatic carbocycles. The molecule has 150 valence electrons. The molecule has 1 aliphatic heterocycles. The lowest BCUT2D eigenvalue weighted by Crippen LogP contribution is -2.48. The lowest BCUT2D eigenvalue weighted by Gasteiger charge is -2.37. The van der Waals surface area contributed by atoms with Crippen LogP contribution in [0.1, 0.15) is 36.4 Å². The molecular weight excluding hydrogens is 406 g/mol. The number of hydrogen-bond donors (Lipinski definition) is 1. The van der Waals surface area contributed by atoms with E-state index in [1.54, 1.807) is 12.4 Å². The van der Waals surface area contributed by atoms with E-state index in [-0.39, 0.29) is 11.9 Å². The van der Waals surface area contributed by atoms with E-state index in [0.717, 1.165) is 21.8 Å². The second kappa shape index (κ2) is 8.61. The Labute approximate surface area is 179 Å². The third kappa shape index (κ3) is 4.06. The molecule has 1 atom stereocenters. The molecule has 1 amide bonds. The van der Waals surface area contributed by atoms with E-state index in [1.807, 2.05) is 48.7 Å². The molecule has 5 nitrogen and oxygen atoms in total. The SMILES string of the molecule is CC(NC(=O)C1(c2ccccc2Cl)CCOCC1)c1nc(-c2cccnc2)cs1. The second-order valence-corrected chi connectivity index (χ2v) is 8.48. The standard InChI is InChI=1S/C22H22ClN3O2S/c1-15(20-26-19(14-29-20)16-5-4-10-24-13-16)25-21(27)22(8-11-28-12-9-22)17-6-2-3-7-18(17)23/h2-7,10,13-15H,8-9,11-12H2,1H3,(H,25,27).